The molecule has 1 fully saturated rings. The summed E-state index contributed by atoms with van der Waals surface area (Å²) in [4.78, 5) is 35.7. The molecule has 0 saturated heterocycles. The second-order valence-corrected chi connectivity index (χ2v) is 7.29. The lowest BCUT2D eigenvalue weighted by Gasteiger charge is -2.20. The van der Waals surface area contributed by atoms with Crippen molar-refractivity contribution in [1.82, 2.24) is 0 Å². The number of benzene rings is 1. The smallest absolute Gasteiger partial charge is 0.330 e. The van der Waals surface area contributed by atoms with Gasteiger partial charge >= 0.3 is 11.9 Å². The molecular formula is C21H30N2O4. The minimum Gasteiger partial charge on any atom is -0.392 e. The maximum Gasteiger partial charge on any atom is 0.330 e. The number of hydrogen-bond acceptors (Lipinski definition) is 6. The van der Waals surface area contributed by atoms with Gasteiger partial charge in [-0.3, -0.25) is 9.59 Å². The molecular weight excluding hydrogens is 344 g/mol. The average molecular weight is 374 g/mol. The van der Waals surface area contributed by atoms with Crippen LogP contribution in [0, 0.1) is 5.92 Å². The number of ether oxygens (including phenoxy) is 1. The van der Waals surface area contributed by atoms with Crippen molar-refractivity contribution in [3.8, 4) is 0 Å². The quantitative estimate of drug-likeness (QED) is 0.389. The van der Waals surface area contributed by atoms with Crippen molar-refractivity contribution >= 4 is 17.7 Å². The van der Waals surface area contributed by atoms with E-state index < -0.39 is 18.0 Å². The fourth-order valence-electron chi connectivity index (χ4n) is 3.37. The third-order valence-corrected chi connectivity index (χ3v) is 5.02. The highest BCUT2D eigenvalue weighted by Gasteiger charge is 2.22. The van der Waals surface area contributed by atoms with E-state index in [1.54, 1.807) is 0 Å². The molecule has 2 rings (SSSR count). The van der Waals surface area contributed by atoms with Crippen molar-refractivity contribution < 1.29 is 19.1 Å². The maximum atomic E-state index is 11.9. The van der Waals surface area contributed by atoms with Crippen LogP contribution in [0.15, 0.2) is 24.3 Å². The molecule has 1 saturated carbocycles. The predicted molar refractivity (Wildman–Crippen MR) is 103 cm³/mol. The molecule has 1 aromatic carbocycles. The molecule has 0 heterocycles. The average Bonchev–Trinajstić information content (AvgIpc) is 2.65. The van der Waals surface area contributed by atoms with Gasteiger partial charge in [-0.25, -0.2) is 4.79 Å². The standard InChI is InChI=1S/C21H30N2O4/c22-12-4-3-6-18(23)21(26)27-20(25)14-16-10-8-15(9-11-16)13-17-5-1-2-7-19(17)24/h8-11,17-18H,1-7,12-14,22-23H2/t17?,18-/m0/s1. The van der Waals surface area contributed by atoms with Crippen molar-refractivity contribution in [1.29, 1.82) is 0 Å². The Balaban J connectivity index is 1.78. The summed E-state index contributed by atoms with van der Waals surface area (Å²) in [6.45, 7) is 0.547. The van der Waals surface area contributed by atoms with E-state index in [9.17, 15) is 14.4 Å². The van der Waals surface area contributed by atoms with E-state index in [0.717, 1.165) is 49.7 Å². The number of carbonyl (C=O) groups excluding carboxylic acids is 3. The largest absolute Gasteiger partial charge is 0.392 e. The van der Waals surface area contributed by atoms with Crippen molar-refractivity contribution in [2.75, 3.05) is 6.54 Å². The van der Waals surface area contributed by atoms with E-state index in [0.29, 0.717) is 25.2 Å². The van der Waals surface area contributed by atoms with Crippen molar-refractivity contribution in [2.24, 2.45) is 17.4 Å². The summed E-state index contributed by atoms with van der Waals surface area (Å²) in [6, 6.07) is 6.76. The first-order valence-electron chi connectivity index (χ1n) is 9.80. The zero-order valence-corrected chi connectivity index (χ0v) is 15.8. The lowest BCUT2D eigenvalue weighted by atomic mass is 9.83. The van der Waals surface area contributed by atoms with E-state index in [1.165, 1.54) is 0 Å². The molecule has 1 aromatic rings. The molecule has 27 heavy (non-hydrogen) atoms. The molecule has 0 spiro atoms. The maximum absolute atomic E-state index is 11.9. The molecule has 1 unspecified atom stereocenters. The van der Waals surface area contributed by atoms with Crippen LogP contribution in [0.5, 0.6) is 0 Å². The summed E-state index contributed by atoms with van der Waals surface area (Å²) in [7, 11) is 0. The Bertz CT molecular complexity index is 642. The van der Waals surface area contributed by atoms with Crippen LogP contribution in [0.3, 0.4) is 0 Å². The minimum atomic E-state index is -0.795. The summed E-state index contributed by atoms with van der Waals surface area (Å²) in [5.41, 5.74) is 13.0. The second-order valence-electron chi connectivity index (χ2n) is 7.29. The van der Waals surface area contributed by atoms with Crippen molar-refractivity contribution in [3.05, 3.63) is 35.4 Å². The van der Waals surface area contributed by atoms with Gasteiger partial charge < -0.3 is 16.2 Å². The Hall–Kier alpha value is -2.05. The van der Waals surface area contributed by atoms with Crippen LogP contribution in [-0.4, -0.2) is 30.3 Å². The van der Waals surface area contributed by atoms with Gasteiger partial charge in [-0.05, 0) is 49.8 Å². The van der Waals surface area contributed by atoms with Gasteiger partial charge in [0.1, 0.15) is 11.8 Å². The number of ketones is 1. The van der Waals surface area contributed by atoms with Gasteiger partial charge in [0, 0.05) is 12.3 Å². The highest BCUT2D eigenvalue weighted by Crippen LogP contribution is 2.24. The Morgan fingerprint density at radius 2 is 1.81 bits per heavy atom. The van der Waals surface area contributed by atoms with E-state index in [-0.39, 0.29) is 12.3 Å². The highest BCUT2D eigenvalue weighted by atomic mass is 16.6. The Morgan fingerprint density at radius 1 is 1.11 bits per heavy atom. The van der Waals surface area contributed by atoms with E-state index in [4.69, 9.17) is 16.2 Å². The topological polar surface area (TPSA) is 112 Å². The molecule has 2 atom stereocenters. The van der Waals surface area contributed by atoms with Crippen LogP contribution in [0.25, 0.3) is 0 Å². The number of esters is 2. The number of unbranched alkanes of at least 4 members (excludes halogenated alkanes) is 1. The number of Topliss-reactive ketones (excluding diaryl/α,β-unsaturated/α-hetero) is 1. The molecule has 0 aromatic heterocycles. The molecule has 0 aliphatic heterocycles. The van der Waals surface area contributed by atoms with Gasteiger partial charge in [0.15, 0.2) is 0 Å². The first kappa shape index (κ1) is 21.3. The first-order valence-corrected chi connectivity index (χ1v) is 9.80. The van der Waals surface area contributed by atoms with Gasteiger partial charge in [0.2, 0.25) is 0 Å². The second kappa shape index (κ2) is 10.9. The summed E-state index contributed by atoms with van der Waals surface area (Å²) in [6.07, 6.45) is 6.51. The fraction of sp³-hybridized carbons (Fsp3) is 0.571. The molecule has 1 aliphatic rings. The molecule has 1 aliphatic carbocycles. The van der Waals surface area contributed by atoms with Crippen molar-refractivity contribution in [2.45, 2.75) is 63.8 Å². The zero-order valence-electron chi connectivity index (χ0n) is 15.8. The SMILES string of the molecule is NCCCC[C@H](N)C(=O)OC(=O)Cc1ccc(CC2CCCCC2=O)cc1. The van der Waals surface area contributed by atoms with Crippen molar-refractivity contribution in [3.63, 3.8) is 0 Å². The number of carbonyl (C=O) groups is 3. The summed E-state index contributed by atoms with van der Waals surface area (Å²) in [5.74, 6) is -0.822. The first-order chi connectivity index (χ1) is 13.0. The van der Waals surface area contributed by atoms with Gasteiger partial charge in [-0.2, -0.15) is 0 Å². The van der Waals surface area contributed by atoms with Crippen LogP contribution in [-0.2, 0) is 32.0 Å². The zero-order chi connectivity index (χ0) is 19.6. The van der Waals surface area contributed by atoms with E-state index in [1.807, 2.05) is 24.3 Å². The molecule has 4 N–H and O–H groups in total. The minimum absolute atomic E-state index is 0.0178. The third-order valence-electron chi connectivity index (χ3n) is 5.02. The molecule has 0 bridgehead atoms. The fourth-order valence-corrected chi connectivity index (χ4v) is 3.37. The molecule has 148 valence electrons. The molecule has 6 nitrogen and oxygen atoms in total. The summed E-state index contributed by atoms with van der Waals surface area (Å²) < 4.78 is 4.83. The van der Waals surface area contributed by atoms with Crippen LogP contribution in [0.4, 0.5) is 0 Å². The molecule has 0 radical (unpaired) electrons. The van der Waals surface area contributed by atoms with Crippen LogP contribution < -0.4 is 11.5 Å². The van der Waals surface area contributed by atoms with Crippen LogP contribution >= 0.6 is 0 Å². The number of rotatable bonds is 9. The Labute approximate surface area is 160 Å². The van der Waals surface area contributed by atoms with Crippen LogP contribution in [0.1, 0.15) is 56.1 Å². The normalized spacial score (nSPS) is 18.1. The highest BCUT2D eigenvalue weighted by molar-refractivity contribution is 5.89. The molecule has 6 heteroatoms. The summed E-state index contributed by atoms with van der Waals surface area (Å²) >= 11 is 0. The van der Waals surface area contributed by atoms with Gasteiger partial charge in [0.05, 0.1) is 6.42 Å². The van der Waals surface area contributed by atoms with Crippen LogP contribution in [0.2, 0.25) is 0 Å². The Kier molecular flexibility index (Phi) is 8.61. The monoisotopic (exact) mass is 374 g/mol. The van der Waals surface area contributed by atoms with Gasteiger partial charge in [-0.15, -0.1) is 0 Å². The van der Waals surface area contributed by atoms with Gasteiger partial charge in [-0.1, -0.05) is 37.1 Å². The lowest BCUT2D eigenvalue weighted by Crippen LogP contribution is -2.34. The number of nitrogens with two attached hydrogens (primary N) is 2. The van der Waals surface area contributed by atoms with Gasteiger partial charge in [0.25, 0.3) is 0 Å². The lowest BCUT2D eigenvalue weighted by molar-refractivity contribution is -0.160. The van der Waals surface area contributed by atoms with E-state index in [2.05, 4.69) is 0 Å². The molecule has 0 amide bonds. The summed E-state index contributed by atoms with van der Waals surface area (Å²) in [5, 5.41) is 0. The third kappa shape index (κ3) is 7.23. The Morgan fingerprint density at radius 3 is 2.48 bits per heavy atom. The predicted octanol–water partition coefficient (Wildman–Crippen LogP) is 2.06. The number of hydrogen-bond donors (Lipinski definition) is 2. The van der Waals surface area contributed by atoms with E-state index >= 15 is 0 Å².